The second-order valence-corrected chi connectivity index (χ2v) is 8.98. The maximum Gasteiger partial charge on any atom is 0.417 e. The van der Waals surface area contributed by atoms with Gasteiger partial charge in [-0.3, -0.25) is 9.36 Å². The zero-order valence-corrected chi connectivity index (χ0v) is 17.9. The van der Waals surface area contributed by atoms with Crippen LogP contribution in [0.5, 0.6) is 11.8 Å². The molecule has 0 radical (unpaired) electrons. The van der Waals surface area contributed by atoms with Gasteiger partial charge in [-0.25, -0.2) is 0 Å². The number of carbonyl (C=O) groups excluding carboxylic acids is 1. The summed E-state index contributed by atoms with van der Waals surface area (Å²) in [7, 11) is 0. The molecule has 170 valence electrons. The Hall–Kier alpha value is -3.19. The van der Waals surface area contributed by atoms with Gasteiger partial charge in [0, 0.05) is 5.92 Å². The van der Waals surface area contributed by atoms with Gasteiger partial charge in [0.15, 0.2) is 0 Å². The van der Waals surface area contributed by atoms with E-state index in [-0.39, 0.29) is 41.7 Å². The molecule has 32 heavy (non-hydrogen) atoms. The normalized spacial score (nSPS) is 24.5. The first-order valence-corrected chi connectivity index (χ1v) is 10.0. The minimum atomic E-state index is -4.79. The summed E-state index contributed by atoms with van der Waals surface area (Å²) in [4.78, 5) is 14.2. The van der Waals surface area contributed by atoms with Gasteiger partial charge < -0.3 is 19.8 Å². The number of ether oxygens (including phenoxy) is 1. The van der Waals surface area contributed by atoms with Gasteiger partial charge in [-0.1, -0.05) is 13.8 Å². The molecule has 2 bridgehead atoms. The highest BCUT2D eigenvalue weighted by Gasteiger charge is 2.59. The maximum absolute atomic E-state index is 13.4. The molecular weight excluding hydrogens is 427 g/mol. The third kappa shape index (κ3) is 2.95. The lowest BCUT2D eigenvalue weighted by Crippen LogP contribution is -2.54. The van der Waals surface area contributed by atoms with E-state index >= 15 is 0 Å². The van der Waals surface area contributed by atoms with Crippen molar-refractivity contribution in [2.24, 2.45) is 5.92 Å². The number of benzene rings is 1. The molecule has 2 aliphatic heterocycles. The predicted octanol–water partition coefficient (Wildman–Crippen LogP) is 3.74. The fraction of sp³-hybridized carbons (Fsp3) is 0.455. The molecule has 2 unspecified atom stereocenters. The van der Waals surface area contributed by atoms with E-state index < -0.39 is 40.3 Å². The Balaban J connectivity index is 1.89. The molecule has 4 rings (SSSR count). The average molecular weight is 449 g/mol. The van der Waals surface area contributed by atoms with Crippen molar-refractivity contribution in [2.75, 3.05) is 13.1 Å². The van der Waals surface area contributed by atoms with E-state index in [4.69, 9.17) is 10.00 Å². The van der Waals surface area contributed by atoms with Crippen LogP contribution in [-0.2, 0) is 26.9 Å². The number of alkyl halides is 3. The summed E-state index contributed by atoms with van der Waals surface area (Å²) in [5, 5.41) is 31.1. The molecule has 2 aromatic rings. The molecule has 1 fully saturated rings. The van der Waals surface area contributed by atoms with E-state index in [1.807, 2.05) is 0 Å². The zero-order valence-electron chi connectivity index (χ0n) is 17.9. The van der Waals surface area contributed by atoms with E-state index in [1.54, 1.807) is 32.6 Å². The Morgan fingerprint density at radius 2 is 1.69 bits per heavy atom. The van der Waals surface area contributed by atoms with Crippen molar-refractivity contribution >= 4 is 5.91 Å². The third-order valence-electron chi connectivity index (χ3n) is 6.11. The number of hydrogen-bond acceptors (Lipinski definition) is 5. The van der Waals surface area contributed by atoms with E-state index in [0.717, 1.165) is 10.6 Å². The van der Waals surface area contributed by atoms with Crippen LogP contribution in [0.15, 0.2) is 18.2 Å². The van der Waals surface area contributed by atoms with E-state index in [9.17, 15) is 28.2 Å². The molecule has 2 atom stereocenters. The lowest BCUT2D eigenvalue weighted by atomic mass is 9.94. The van der Waals surface area contributed by atoms with Gasteiger partial charge in [0.2, 0.25) is 17.7 Å². The highest BCUT2D eigenvalue weighted by atomic mass is 19.4. The number of amides is 1. The van der Waals surface area contributed by atoms with Gasteiger partial charge in [-0.2, -0.15) is 18.4 Å². The largest absolute Gasteiger partial charge is 0.494 e. The number of nitriles is 1. The Bertz CT molecular complexity index is 1140. The number of aromatic nitrogens is 1. The van der Waals surface area contributed by atoms with Crippen LogP contribution in [0, 0.1) is 17.2 Å². The summed E-state index contributed by atoms with van der Waals surface area (Å²) in [5.41, 5.74) is -3.77. The summed E-state index contributed by atoms with van der Waals surface area (Å²) in [5.74, 6) is -1.31. The number of fused-ring (bicyclic) bond motifs is 5. The van der Waals surface area contributed by atoms with Crippen LogP contribution in [0.2, 0.25) is 0 Å². The third-order valence-corrected chi connectivity index (χ3v) is 6.11. The summed E-state index contributed by atoms with van der Waals surface area (Å²) in [6.07, 6.45) is -4.79. The van der Waals surface area contributed by atoms with Gasteiger partial charge in [-0.05, 0) is 32.0 Å². The van der Waals surface area contributed by atoms with Gasteiger partial charge in [0.1, 0.15) is 11.2 Å². The molecule has 1 aromatic carbocycles. The second kappa shape index (κ2) is 6.65. The molecule has 1 amide bonds. The van der Waals surface area contributed by atoms with Gasteiger partial charge in [0.25, 0.3) is 0 Å². The topological polar surface area (TPSA) is 98.7 Å². The van der Waals surface area contributed by atoms with Crippen molar-refractivity contribution < 1.29 is 32.9 Å². The van der Waals surface area contributed by atoms with Crippen LogP contribution in [-0.4, -0.2) is 38.7 Å². The number of hydrogen-bond donors (Lipinski definition) is 2. The molecule has 10 heteroatoms. The first kappa shape index (κ1) is 22.0. The fourth-order valence-electron chi connectivity index (χ4n) is 4.92. The molecule has 3 heterocycles. The van der Waals surface area contributed by atoms with Crippen LogP contribution in [0.1, 0.15) is 49.9 Å². The lowest BCUT2D eigenvalue weighted by molar-refractivity contribution is -0.194. The Morgan fingerprint density at radius 1 is 1.16 bits per heavy atom. The highest BCUT2D eigenvalue weighted by molar-refractivity contribution is 5.79. The molecule has 1 saturated heterocycles. The highest BCUT2D eigenvalue weighted by Crippen LogP contribution is 2.59. The van der Waals surface area contributed by atoms with Crippen molar-refractivity contribution in [3.05, 3.63) is 40.5 Å². The first-order valence-electron chi connectivity index (χ1n) is 10.0. The standard InChI is InChI=1S/C22H22F3N3O4/c1-11(2)17(29)27-9-20(3)15-16(21(4,10-27)32-20)19(31)28(18(15)30)13-6-5-12(8-26)14(7-13)22(23,24)25/h5-7,11,30-31H,9-10H2,1-4H3. The SMILES string of the molecule is CC(C)C(=O)N1CC2(C)OC(C)(C1)c1c2c(O)n(-c2ccc(C#N)c(C(F)(F)F)c2)c1O. The van der Waals surface area contributed by atoms with Gasteiger partial charge in [-0.15, -0.1) is 0 Å². The molecule has 0 spiro atoms. The minimum Gasteiger partial charge on any atom is -0.494 e. The second-order valence-electron chi connectivity index (χ2n) is 8.98. The molecule has 2 aliphatic rings. The molecule has 7 nitrogen and oxygen atoms in total. The minimum absolute atomic E-state index is 0.107. The summed E-state index contributed by atoms with van der Waals surface area (Å²) >= 11 is 0. The van der Waals surface area contributed by atoms with E-state index in [2.05, 4.69) is 0 Å². The van der Waals surface area contributed by atoms with E-state index in [1.165, 1.54) is 12.1 Å². The van der Waals surface area contributed by atoms with Crippen LogP contribution in [0.25, 0.3) is 5.69 Å². The van der Waals surface area contributed by atoms with Crippen molar-refractivity contribution in [3.8, 4) is 23.5 Å². The monoisotopic (exact) mass is 449 g/mol. The van der Waals surface area contributed by atoms with Crippen LogP contribution in [0.4, 0.5) is 13.2 Å². The van der Waals surface area contributed by atoms with Crippen LogP contribution in [0.3, 0.4) is 0 Å². The zero-order chi connectivity index (χ0) is 23.8. The van der Waals surface area contributed by atoms with Crippen molar-refractivity contribution in [1.82, 2.24) is 9.47 Å². The smallest absolute Gasteiger partial charge is 0.417 e. The number of carbonyl (C=O) groups is 1. The van der Waals surface area contributed by atoms with E-state index in [0.29, 0.717) is 6.07 Å². The number of rotatable bonds is 2. The lowest BCUT2D eigenvalue weighted by Gasteiger charge is -2.44. The van der Waals surface area contributed by atoms with Crippen LogP contribution < -0.4 is 0 Å². The average Bonchev–Trinajstić information content (AvgIpc) is 3.06. The Kier molecular flexibility index (Phi) is 4.58. The summed E-state index contributed by atoms with van der Waals surface area (Å²) in [6, 6.07) is 4.43. The number of aromatic hydroxyl groups is 2. The Morgan fingerprint density at radius 3 is 2.12 bits per heavy atom. The number of nitrogens with zero attached hydrogens (tertiary/aromatic N) is 3. The van der Waals surface area contributed by atoms with Crippen LogP contribution >= 0.6 is 0 Å². The van der Waals surface area contributed by atoms with Crippen molar-refractivity contribution in [3.63, 3.8) is 0 Å². The Labute approximate surface area is 182 Å². The quantitative estimate of drug-likeness (QED) is 0.728. The summed E-state index contributed by atoms with van der Waals surface area (Å²) < 4.78 is 47.4. The van der Waals surface area contributed by atoms with Gasteiger partial charge in [0.05, 0.1) is 47.1 Å². The first-order chi connectivity index (χ1) is 14.7. The number of halogens is 3. The van der Waals surface area contributed by atoms with Gasteiger partial charge >= 0.3 is 6.18 Å². The summed E-state index contributed by atoms with van der Waals surface area (Å²) in [6.45, 7) is 7.10. The molecule has 1 aromatic heterocycles. The van der Waals surface area contributed by atoms with Crippen molar-refractivity contribution in [2.45, 2.75) is 45.1 Å². The number of morpholine rings is 1. The molecule has 2 N–H and O–H groups in total. The van der Waals surface area contributed by atoms with Crippen molar-refractivity contribution in [1.29, 1.82) is 5.26 Å². The molecule has 0 saturated carbocycles. The molecular formula is C22H22F3N3O4. The maximum atomic E-state index is 13.4. The molecule has 0 aliphatic carbocycles. The predicted molar refractivity (Wildman–Crippen MR) is 106 cm³/mol. The fourth-order valence-corrected chi connectivity index (χ4v) is 4.92.